The van der Waals surface area contributed by atoms with E-state index in [4.69, 9.17) is 0 Å². The minimum atomic E-state index is -0.926. The Kier molecular flexibility index (Phi) is 6.20. The van der Waals surface area contributed by atoms with E-state index in [1.165, 1.54) is 5.56 Å². The van der Waals surface area contributed by atoms with Crippen LogP contribution in [-0.4, -0.2) is 28.6 Å². The maximum atomic E-state index is 11.5. The highest BCUT2D eigenvalue weighted by Gasteiger charge is 2.36. The monoisotopic (exact) mass is 325 g/mol. The van der Waals surface area contributed by atoms with Crippen molar-refractivity contribution in [2.24, 2.45) is 0 Å². The van der Waals surface area contributed by atoms with Crippen molar-refractivity contribution in [2.45, 2.75) is 58.2 Å². The molecule has 0 aromatic heterocycles. The first-order valence-corrected chi connectivity index (χ1v) is 8.92. The number of rotatable bonds is 7. The van der Waals surface area contributed by atoms with E-state index >= 15 is 0 Å². The van der Waals surface area contributed by atoms with Gasteiger partial charge in [0.15, 0.2) is 0 Å². The molecular weight excluding hydrogens is 294 g/mol. The molecule has 0 aliphatic carbocycles. The molecule has 2 aromatic carbocycles. The standard InChI is InChI=1S/C22H31NO/c1-17(2)23(18(3)4)16-21(19-12-8-6-9-13-19)22(5,24)20-14-10-7-11-15-20/h6-15,17-18,21,24H,16H2,1-5H3/t21-,22+/m0/s1. The van der Waals surface area contributed by atoms with E-state index in [1.807, 2.05) is 43.3 Å². The number of aliphatic hydroxyl groups is 1. The van der Waals surface area contributed by atoms with Crippen LogP contribution in [0.3, 0.4) is 0 Å². The number of benzene rings is 2. The minimum absolute atomic E-state index is 0.00546. The third kappa shape index (κ3) is 4.25. The van der Waals surface area contributed by atoms with Crippen molar-refractivity contribution >= 4 is 0 Å². The van der Waals surface area contributed by atoms with E-state index in [0.29, 0.717) is 12.1 Å². The molecule has 24 heavy (non-hydrogen) atoms. The molecule has 0 fully saturated rings. The molecule has 0 spiro atoms. The summed E-state index contributed by atoms with van der Waals surface area (Å²) in [4.78, 5) is 2.45. The molecule has 130 valence electrons. The van der Waals surface area contributed by atoms with Crippen LogP contribution in [0.4, 0.5) is 0 Å². The fourth-order valence-electron chi connectivity index (χ4n) is 3.50. The zero-order chi connectivity index (χ0) is 17.7. The van der Waals surface area contributed by atoms with Crippen molar-refractivity contribution in [1.29, 1.82) is 0 Å². The number of hydrogen-bond acceptors (Lipinski definition) is 2. The highest BCUT2D eigenvalue weighted by Crippen LogP contribution is 2.38. The van der Waals surface area contributed by atoms with Gasteiger partial charge in [0.25, 0.3) is 0 Å². The molecule has 0 saturated carbocycles. The maximum absolute atomic E-state index is 11.5. The molecule has 0 amide bonds. The van der Waals surface area contributed by atoms with Crippen LogP contribution in [0.1, 0.15) is 51.7 Å². The third-order valence-electron chi connectivity index (χ3n) is 4.96. The number of nitrogens with zero attached hydrogens (tertiary/aromatic N) is 1. The second kappa shape index (κ2) is 7.96. The van der Waals surface area contributed by atoms with Gasteiger partial charge in [-0.15, -0.1) is 0 Å². The molecule has 2 heteroatoms. The van der Waals surface area contributed by atoms with E-state index in [1.54, 1.807) is 0 Å². The predicted octanol–water partition coefficient (Wildman–Crippen LogP) is 4.80. The molecule has 0 unspecified atom stereocenters. The Hall–Kier alpha value is -1.64. The summed E-state index contributed by atoms with van der Waals surface area (Å²) in [6, 6.07) is 21.3. The Labute approximate surface area is 147 Å². The summed E-state index contributed by atoms with van der Waals surface area (Å²) in [7, 11) is 0. The third-order valence-corrected chi connectivity index (χ3v) is 4.96. The molecule has 0 radical (unpaired) electrons. The molecule has 0 aliphatic heterocycles. The van der Waals surface area contributed by atoms with Crippen molar-refractivity contribution in [3.8, 4) is 0 Å². The Bertz CT molecular complexity index is 596. The lowest BCUT2D eigenvalue weighted by atomic mass is 9.78. The van der Waals surface area contributed by atoms with Gasteiger partial charge in [-0.25, -0.2) is 0 Å². The molecule has 1 N–H and O–H groups in total. The molecule has 0 heterocycles. The van der Waals surface area contributed by atoms with Gasteiger partial charge in [-0.2, -0.15) is 0 Å². The summed E-state index contributed by atoms with van der Waals surface area (Å²) in [5.41, 5.74) is 1.22. The van der Waals surface area contributed by atoms with Gasteiger partial charge in [0.05, 0.1) is 5.60 Å². The largest absolute Gasteiger partial charge is 0.385 e. The van der Waals surface area contributed by atoms with Gasteiger partial charge in [0.2, 0.25) is 0 Å². The zero-order valence-corrected chi connectivity index (χ0v) is 15.6. The van der Waals surface area contributed by atoms with Crippen LogP contribution in [0.15, 0.2) is 60.7 Å². The summed E-state index contributed by atoms with van der Waals surface area (Å²) < 4.78 is 0. The SMILES string of the molecule is CC(C)N(C[C@@H](c1ccccc1)[C@](C)(O)c1ccccc1)C(C)C. The molecule has 2 atom stereocenters. The van der Waals surface area contributed by atoms with Crippen LogP contribution in [0.2, 0.25) is 0 Å². The van der Waals surface area contributed by atoms with Crippen LogP contribution in [-0.2, 0) is 5.60 Å². The van der Waals surface area contributed by atoms with Gasteiger partial charge in [0, 0.05) is 24.5 Å². The van der Waals surface area contributed by atoms with Crippen LogP contribution in [0, 0.1) is 0 Å². The van der Waals surface area contributed by atoms with Crippen molar-refractivity contribution in [3.05, 3.63) is 71.8 Å². The summed E-state index contributed by atoms with van der Waals surface area (Å²) >= 11 is 0. The van der Waals surface area contributed by atoms with Crippen molar-refractivity contribution in [1.82, 2.24) is 4.90 Å². The average molecular weight is 325 g/mol. The van der Waals surface area contributed by atoms with Gasteiger partial charge in [-0.3, -0.25) is 4.90 Å². The Morgan fingerprint density at radius 2 is 1.29 bits per heavy atom. The van der Waals surface area contributed by atoms with E-state index < -0.39 is 5.60 Å². The second-order valence-corrected chi connectivity index (χ2v) is 7.36. The smallest absolute Gasteiger partial charge is 0.0949 e. The molecule has 2 nitrogen and oxygen atoms in total. The Morgan fingerprint density at radius 3 is 1.75 bits per heavy atom. The molecular formula is C22H31NO. The highest BCUT2D eigenvalue weighted by atomic mass is 16.3. The topological polar surface area (TPSA) is 23.5 Å². The molecule has 0 aliphatic rings. The van der Waals surface area contributed by atoms with Gasteiger partial charge in [0.1, 0.15) is 0 Å². The van der Waals surface area contributed by atoms with Crippen LogP contribution < -0.4 is 0 Å². The fourth-order valence-corrected chi connectivity index (χ4v) is 3.50. The lowest BCUT2D eigenvalue weighted by Crippen LogP contribution is -2.45. The normalized spacial score (nSPS) is 15.7. The maximum Gasteiger partial charge on any atom is 0.0949 e. The Morgan fingerprint density at radius 1 is 0.833 bits per heavy atom. The average Bonchev–Trinajstić information content (AvgIpc) is 2.56. The summed E-state index contributed by atoms with van der Waals surface area (Å²) in [5, 5.41) is 11.5. The van der Waals surface area contributed by atoms with E-state index in [0.717, 1.165) is 12.1 Å². The Balaban J connectivity index is 2.44. The fraction of sp³-hybridized carbons (Fsp3) is 0.455. The summed E-state index contributed by atoms with van der Waals surface area (Å²) in [5.74, 6) is 0.00546. The summed E-state index contributed by atoms with van der Waals surface area (Å²) in [6.45, 7) is 11.7. The quantitative estimate of drug-likeness (QED) is 0.790. The first-order chi connectivity index (χ1) is 11.3. The first-order valence-electron chi connectivity index (χ1n) is 8.92. The van der Waals surface area contributed by atoms with Crippen LogP contribution in [0.5, 0.6) is 0 Å². The van der Waals surface area contributed by atoms with Crippen molar-refractivity contribution in [2.75, 3.05) is 6.54 Å². The zero-order valence-electron chi connectivity index (χ0n) is 15.6. The van der Waals surface area contributed by atoms with Crippen LogP contribution >= 0.6 is 0 Å². The first kappa shape index (κ1) is 18.7. The minimum Gasteiger partial charge on any atom is -0.385 e. The highest BCUT2D eigenvalue weighted by molar-refractivity contribution is 5.31. The van der Waals surface area contributed by atoms with Gasteiger partial charge in [-0.05, 0) is 45.7 Å². The van der Waals surface area contributed by atoms with Gasteiger partial charge >= 0.3 is 0 Å². The van der Waals surface area contributed by atoms with Crippen molar-refractivity contribution in [3.63, 3.8) is 0 Å². The van der Waals surface area contributed by atoms with Crippen LogP contribution in [0.25, 0.3) is 0 Å². The van der Waals surface area contributed by atoms with E-state index in [-0.39, 0.29) is 5.92 Å². The van der Waals surface area contributed by atoms with E-state index in [9.17, 15) is 5.11 Å². The molecule has 2 rings (SSSR count). The molecule has 2 aromatic rings. The van der Waals surface area contributed by atoms with Crippen molar-refractivity contribution < 1.29 is 5.11 Å². The predicted molar refractivity (Wildman–Crippen MR) is 102 cm³/mol. The molecule has 0 bridgehead atoms. The second-order valence-electron chi connectivity index (χ2n) is 7.36. The van der Waals surface area contributed by atoms with E-state index in [2.05, 4.69) is 56.9 Å². The lowest BCUT2D eigenvalue weighted by molar-refractivity contribution is 0.00424. The number of hydrogen-bond donors (Lipinski definition) is 1. The molecule has 0 saturated heterocycles. The lowest BCUT2D eigenvalue weighted by Gasteiger charge is -2.40. The summed E-state index contributed by atoms with van der Waals surface area (Å²) in [6.07, 6.45) is 0. The van der Waals surface area contributed by atoms with Gasteiger partial charge in [-0.1, -0.05) is 60.7 Å². The van der Waals surface area contributed by atoms with Gasteiger partial charge < -0.3 is 5.11 Å².